The van der Waals surface area contributed by atoms with Crippen molar-refractivity contribution in [3.05, 3.63) is 78.0 Å². The number of nitriles is 1. The van der Waals surface area contributed by atoms with E-state index in [1.807, 2.05) is 60.7 Å². The van der Waals surface area contributed by atoms with Crippen molar-refractivity contribution in [3.63, 3.8) is 0 Å². The zero-order valence-corrected chi connectivity index (χ0v) is 15.5. The van der Waals surface area contributed by atoms with Crippen molar-refractivity contribution < 1.29 is 4.74 Å². The first-order chi connectivity index (χ1) is 13.3. The lowest BCUT2D eigenvalue weighted by Crippen LogP contribution is -2.17. The highest BCUT2D eigenvalue weighted by molar-refractivity contribution is 7.21. The molecular formula is C21H16N4OS. The van der Waals surface area contributed by atoms with Gasteiger partial charge in [-0.3, -0.25) is 0 Å². The number of fused-ring (bicyclic) bond motifs is 1. The lowest BCUT2D eigenvalue weighted by Gasteiger charge is -2.23. The summed E-state index contributed by atoms with van der Waals surface area (Å²) in [4.78, 5) is 12.1. The van der Waals surface area contributed by atoms with Crippen molar-refractivity contribution in [2.24, 2.45) is 0 Å². The molecule has 4 aromatic rings. The molecule has 0 amide bonds. The van der Waals surface area contributed by atoms with Crippen LogP contribution in [0.5, 0.6) is 5.75 Å². The minimum Gasteiger partial charge on any atom is -0.497 e. The van der Waals surface area contributed by atoms with Crippen LogP contribution < -0.4 is 9.64 Å². The van der Waals surface area contributed by atoms with Crippen LogP contribution >= 0.6 is 11.3 Å². The SMILES string of the molecule is COc1cccc(N(Cc2ccccc2C#N)c2nc3cccnc3s2)c1. The average Bonchev–Trinajstić information content (AvgIpc) is 3.16. The van der Waals surface area contributed by atoms with Gasteiger partial charge >= 0.3 is 0 Å². The molecule has 5 nitrogen and oxygen atoms in total. The van der Waals surface area contributed by atoms with E-state index in [9.17, 15) is 5.26 Å². The van der Waals surface area contributed by atoms with Gasteiger partial charge in [-0.25, -0.2) is 9.97 Å². The van der Waals surface area contributed by atoms with Crippen LogP contribution in [0.25, 0.3) is 10.3 Å². The van der Waals surface area contributed by atoms with Crippen molar-refractivity contribution in [1.82, 2.24) is 9.97 Å². The van der Waals surface area contributed by atoms with Gasteiger partial charge in [0.25, 0.3) is 0 Å². The number of rotatable bonds is 5. The van der Waals surface area contributed by atoms with Gasteiger partial charge in [-0.05, 0) is 35.9 Å². The molecule has 0 saturated carbocycles. The Bertz CT molecular complexity index is 1100. The Kier molecular flexibility index (Phi) is 4.69. The predicted molar refractivity (Wildman–Crippen MR) is 107 cm³/mol. The maximum atomic E-state index is 9.46. The van der Waals surface area contributed by atoms with Gasteiger partial charge in [0.15, 0.2) is 5.13 Å². The smallest absolute Gasteiger partial charge is 0.192 e. The lowest BCUT2D eigenvalue weighted by atomic mass is 10.1. The molecule has 0 spiro atoms. The molecule has 0 N–H and O–H groups in total. The summed E-state index contributed by atoms with van der Waals surface area (Å²) in [6, 6.07) is 21.6. The summed E-state index contributed by atoms with van der Waals surface area (Å²) in [5.41, 5.74) is 3.40. The van der Waals surface area contributed by atoms with E-state index in [0.29, 0.717) is 12.1 Å². The third-order valence-electron chi connectivity index (χ3n) is 4.22. The normalized spacial score (nSPS) is 10.5. The minimum absolute atomic E-state index is 0.525. The van der Waals surface area contributed by atoms with Crippen LogP contribution in [-0.4, -0.2) is 17.1 Å². The van der Waals surface area contributed by atoms with Crippen LogP contribution in [0.1, 0.15) is 11.1 Å². The number of aromatic nitrogens is 2. The number of benzene rings is 2. The van der Waals surface area contributed by atoms with E-state index >= 15 is 0 Å². The van der Waals surface area contributed by atoms with E-state index in [2.05, 4.69) is 16.0 Å². The fourth-order valence-corrected chi connectivity index (χ4v) is 3.79. The molecule has 132 valence electrons. The Hall–Kier alpha value is -3.43. The summed E-state index contributed by atoms with van der Waals surface area (Å²) in [6.07, 6.45) is 1.77. The monoisotopic (exact) mass is 372 g/mol. The molecule has 4 rings (SSSR count). The summed E-state index contributed by atoms with van der Waals surface area (Å²) < 4.78 is 5.39. The first-order valence-corrected chi connectivity index (χ1v) is 9.21. The highest BCUT2D eigenvalue weighted by Gasteiger charge is 2.17. The first kappa shape index (κ1) is 17.0. The highest BCUT2D eigenvalue weighted by atomic mass is 32.1. The molecule has 6 heteroatoms. The number of pyridine rings is 1. The standard InChI is InChI=1S/C21H16N4OS/c1-26-18-9-4-8-17(12-18)25(14-16-7-3-2-6-15(16)13-22)21-24-19-10-5-11-23-20(19)27-21/h2-12H,14H2,1H3. The first-order valence-electron chi connectivity index (χ1n) is 8.39. The third kappa shape index (κ3) is 3.46. The number of hydrogen-bond acceptors (Lipinski definition) is 6. The van der Waals surface area contributed by atoms with Crippen molar-refractivity contribution in [3.8, 4) is 11.8 Å². The molecule has 0 aliphatic carbocycles. The van der Waals surface area contributed by atoms with E-state index in [0.717, 1.165) is 32.5 Å². The van der Waals surface area contributed by atoms with Crippen LogP contribution in [-0.2, 0) is 6.54 Å². The van der Waals surface area contributed by atoms with E-state index in [4.69, 9.17) is 9.72 Å². The van der Waals surface area contributed by atoms with Gasteiger partial charge in [-0.15, -0.1) is 0 Å². The third-order valence-corrected chi connectivity index (χ3v) is 5.22. The molecular weight excluding hydrogens is 356 g/mol. The minimum atomic E-state index is 0.525. The quantitative estimate of drug-likeness (QED) is 0.498. The van der Waals surface area contributed by atoms with Gasteiger partial charge in [-0.2, -0.15) is 5.26 Å². The Balaban J connectivity index is 1.82. The summed E-state index contributed by atoms with van der Waals surface area (Å²) in [5, 5.41) is 10.3. The Morgan fingerprint density at radius 3 is 2.81 bits per heavy atom. The number of anilines is 2. The molecule has 0 atom stereocenters. The van der Waals surface area contributed by atoms with Crippen molar-refractivity contribution in [2.75, 3.05) is 12.0 Å². The zero-order chi connectivity index (χ0) is 18.6. The van der Waals surface area contributed by atoms with Crippen LogP contribution in [0, 0.1) is 11.3 Å². The van der Waals surface area contributed by atoms with Gasteiger partial charge in [0, 0.05) is 18.0 Å². The topological polar surface area (TPSA) is 62.0 Å². The number of ether oxygens (including phenoxy) is 1. The van der Waals surface area contributed by atoms with Gasteiger partial charge in [0.2, 0.25) is 0 Å². The number of nitrogens with zero attached hydrogens (tertiary/aromatic N) is 4. The summed E-state index contributed by atoms with van der Waals surface area (Å²) in [5.74, 6) is 0.769. The summed E-state index contributed by atoms with van der Waals surface area (Å²) in [6.45, 7) is 0.525. The second-order valence-electron chi connectivity index (χ2n) is 5.88. The number of thiazole rings is 1. The lowest BCUT2D eigenvalue weighted by molar-refractivity contribution is 0.415. The predicted octanol–water partition coefficient (Wildman–Crippen LogP) is 4.91. The fourth-order valence-electron chi connectivity index (χ4n) is 2.86. The van der Waals surface area contributed by atoms with Crippen LogP contribution in [0.4, 0.5) is 10.8 Å². The van der Waals surface area contributed by atoms with Gasteiger partial charge in [0.05, 0.1) is 25.3 Å². The zero-order valence-electron chi connectivity index (χ0n) is 14.7. The maximum Gasteiger partial charge on any atom is 0.192 e. The maximum absolute atomic E-state index is 9.46. The molecule has 0 unspecified atom stereocenters. The molecule has 2 aromatic carbocycles. The van der Waals surface area contributed by atoms with E-state index < -0.39 is 0 Å². The summed E-state index contributed by atoms with van der Waals surface area (Å²) in [7, 11) is 1.65. The van der Waals surface area contributed by atoms with E-state index in [-0.39, 0.29) is 0 Å². The van der Waals surface area contributed by atoms with Crippen LogP contribution in [0.15, 0.2) is 66.9 Å². The molecule has 2 heterocycles. The molecule has 0 radical (unpaired) electrons. The van der Waals surface area contributed by atoms with Gasteiger partial charge in [0.1, 0.15) is 16.1 Å². The average molecular weight is 372 g/mol. The molecule has 0 aliphatic heterocycles. The molecule has 0 bridgehead atoms. The molecule has 27 heavy (non-hydrogen) atoms. The van der Waals surface area contributed by atoms with Gasteiger partial charge in [-0.1, -0.05) is 35.6 Å². The van der Waals surface area contributed by atoms with E-state index in [1.54, 1.807) is 13.3 Å². The number of hydrogen-bond donors (Lipinski definition) is 0. The van der Waals surface area contributed by atoms with Crippen molar-refractivity contribution in [1.29, 1.82) is 5.26 Å². The van der Waals surface area contributed by atoms with Gasteiger partial charge < -0.3 is 9.64 Å². The molecule has 0 saturated heterocycles. The second kappa shape index (κ2) is 7.44. The Labute approximate surface area is 161 Å². The molecule has 2 aromatic heterocycles. The summed E-state index contributed by atoms with van der Waals surface area (Å²) >= 11 is 1.53. The number of methoxy groups -OCH3 is 1. The molecule has 0 fully saturated rings. The van der Waals surface area contributed by atoms with Crippen LogP contribution in [0.2, 0.25) is 0 Å². The van der Waals surface area contributed by atoms with Crippen molar-refractivity contribution in [2.45, 2.75) is 6.54 Å². The Morgan fingerprint density at radius 1 is 1.11 bits per heavy atom. The molecule has 0 aliphatic rings. The van der Waals surface area contributed by atoms with Crippen molar-refractivity contribution >= 4 is 32.5 Å². The van der Waals surface area contributed by atoms with E-state index in [1.165, 1.54) is 11.3 Å². The van der Waals surface area contributed by atoms with Crippen LogP contribution in [0.3, 0.4) is 0 Å². The fraction of sp³-hybridized carbons (Fsp3) is 0.0952. The second-order valence-corrected chi connectivity index (χ2v) is 6.84. The highest BCUT2D eigenvalue weighted by Crippen LogP contribution is 2.35. The Morgan fingerprint density at radius 2 is 2.00 bits per heavy atom. The largest absolute Gasteiger partial charge is 0.497 e.